The summed E-state index contributed by atoms with van der Waals surface area (Å²) in [7, 11) is 0. The highest BCUT2D eigenvalue weighted by molar-refractivity contribution is 5.74. The predicted octanol–water partition coefficient (Wildman–Crippen LogP) is -22.2. The first-order chi connectivity index (χ1) is 58.2. The average Bonchev–Trinajstić information content (AvgIpc) is 0.769. The lowest BCUT2D eigenvalue weighted by Crippen LogP contribution is -2.70. The fourth-order valence-corrected chi connectivity index (χ4v) is 15.9. The van der Waals surface area contributed by atoms with Crippen LogP contribution in [0, 0.1) is 0 Å². The van der Waals surface area contributed by atoms with Crippen molar-refractivity contribution in [3.05, 3.63) is 0 Å². The summed E-state index contributed by atoms with van der Waals surface area (Å²) < 4.78 is 112. The van der Waals surface area contributed by atoms with Crippen molar-refractivity contribution in [2.45, 2.75) is 335 Å². The van der Waals surface area contributed by atoms with Crippen LogP contribution in [-0.4, -0.2) is 539 Å². The van der Waals surface area contributed by atoms with Crippen LogP contribution >= 0.6 is 0 Å². The van der Waals surface area contributed by atoms with Crippen LogP contribution in [0.4, 0.5) is 0 Å². The highest BCUT2D eigenvalue weighted by Crippen LogP contribution is 2.40. The van der Waals surface area contributed by atoms with Crippen molar-refractivity contribution in [2.24, 2.45) is 0 Å². The number of hydrogen-bond acceptors (Lipinski definition) is 51. The second-order valence-electron chi connectivity index (χ2n) is 31.0. The molecule has 4 amide bonds. The van der Waals surface area contributed by atoms with Crippen molar-refractivity contribution < 1.29 is 252 Å². The van der Waals surface area contributed by atoms with Gasteiger partial charge in [0.25, 0.3) is 0 Å². The first-order valence-corrected chi connectivity index (χ1v) is 39.1. The fraction of sp³-hybridized carbons (Fsp3) is 0.941. The van der Waals surface area contributed by atoms with E-state index in [1.165, 1.54) is 0 Å². The molecule has 10 aliphatic rings. The maximum absolute atomic E-state index is 13.3. The van der Waals surface area contributed by atoms with Gasteiger partial charge in [-0.25, -0.2) is 0 Å². The summed E-state index contributed by atoms with van der Waals surface area (Å²) in [5.41, 5.74) is 0. The van der Waals surface area contributed by atoms with Gasteiger partial charge in [-0.3, -0.25) is 19.2 Å². The van der Waals surface area contributed by atoms with E-state index < -0.39 is 397 Å². The quantitative estimate of drug-likeness (QED) is 0.0297. The number of aliphatic hydroxyl groups is 28. The maximum Gasteiger partial charge on any atom is 0.217 e. The number of amides is 4. The molecule has 0 radical (unpaired) electrons. The summed E-state index contributed by atoms with van der Waals surface area (Å²) in [6.45, 7) is -7.15. The van der Waals surface area contributed by atoms with Crippen LogP contribution in [0.25, 0.3) is 0 Å². The molecule has 32 N–H and O–H groups in total. The third-order valence-corrected chi connectivity index (χ3v) is 22.4. The third kappa shape index (κ3) is 22.4. The molecule has 55 heteroatoms. The molecule has 0 aromatic carbocycles. The molecular weight excluding hydrogens is 1690 g/mol. The molecule has 55 nitrogen and oxygen atoms in total. The molecular formula is C68H114N4O51. The summed E-state index contributed by atoms with van der Waals surface area (Å²) in [6, 6.07) is -7.74. The summed E-state index contributed by atoms with van der Waals surface area (Å²) in [5, 5.41) is 319. The van der Waals surface area contributed by atoms with E-state index in [4.69, 9.17) is 90.0 Å². The van der Waals surface area contributed by atoms with Crippen molar-refractivity contribution >= 4 is 23.6 Å². The zero-order valence-corrected chi connectivity index (χ0v) is 65.9. The Morgan fingerprint density at radius 2 is 0.439 bits per heavy atom. The predicted molar refractivity (Wildman–Crippen MR) is 376 cm³/mol. The van der Waals surface area contributed by atoms with Gasteiger partial charge < -0.3 is 254 Å². The normalized spacial score (nSPS) is 49.4. The second kappa shape index (κ2) is 44.3. The van der Waals surface area contributed by atoms with E-state index in [2.05, 4.69) is 21.3 Å². The first kappa shape index (κ1) is 101. The van der Waals surface area contributed by atoms with Crippen molar-refractivity contribution in [3.63, 3.8) is 0 Å². The molecule has 10 fully saturated rings. The van der Waals surface area contributed by atoms with Gasteiger partial charge in [0.1, 0.15) is 244 Å². The van der Waals surface area contributed by atoms with Gasteiger partial charge >= 0.3 is 0 Å². The Morgan fingerprint density at radius 3 is 0.764 bits per heavy atom. The number of nitrogens with one attached hydrogen (secondary N) is 4. The van der Waals surface area contributed by atoms with Crippen LogP contribution < -0.4 is 21.3 Å². The van der Waals surface area contributed by atoms with Crippen LogP contribution in [0.1, 0.15) is 27.7 Å². The topological polar surface area (TPSA) is 858 Å². The van der Waals surface area contributed by atoms with E-state index in [9.17, 15) is 162 Å². The number of carbonyl (C=O) groups excluding carboxylic acids is 4. The Hall–Kier alpha value is -4.00. The summed E-state index contributed by atoms with van der Waals surface area (Å²) >= 11 is 0. The Morgan fingerprint density at radius 1 is 0.211 bits per heavy atom. The lowest BCUT2D eigenvalue weighted by molar-refractivity contribution is -0.386. The molecule has 10 aliphatic heterocycles. The number of aliphatic hydroxyl groups excluding tert-OH is 28. The monoisotopic (exact) mass is 1800 g/mol. The van der Waals surface area contributed by atoms with Crippen LogP contribution in [-0.2, 0) is 109 Å². The fourth-order valence-electron chi connectivity index (χ4n) is 15.9. The van der Waals surface area contributed by atoms with Gasteiger partial charge in [-0.15, -0.1) is 0 Å². The van der Waals surface area contributed by atoms with Crippen molar-refractivity contribution in [1.29, 1.82) is 0 Å². The molecule has 10 rings (SSSR count). The Bertz CT molecular complexity index is 3300. The van der Waals surface area contributed by atoms with Gasteiger partial charge in [0, 0.05) is 27.7 Å². The first-order valence-electron chi connectivity index (χ1n) is 39.1. The molecule has 0 spiro atoms. The molecule has 10 heterocycles. The summed E-state index contributed by atoms with van der Waals surface area (Å²) in [5.74, 6) is -3.84. The molecule has 0 aromatic heterocycles. The Labute approximate surface area is 695 Å². The lowest BCUT2D eigenvalue weighted by atomic mass is 9.94. The largest absolute Gasteiger partial charge is 0.394 e. The summed E-state index contributed by atoms with van der Waals surface area (Å²) in [6.07, 6.45) is -95.5. The maximum atomic E-state index is 13.3. The molecule has 123 heavy (non-hydrogen) atoms. The van der Waals surface area contributed by atoms with E-state index in [-0.39, 0.29) is 0 Å². The highest BCUT2D eigenvalue weighted by atomic mass is 16.8. The number of carbonyl (C=O) groups is 4. The smallest absolute Gasteiger partial charge is 0.217 e. The van der Waals surface area contributed by atoms with Crippen LogP contribution in [0.2, 0.25) is 0 Å². The summed E-state index contributed by atoms with van der Waals surface area (Å²) in [4.78, 5) is 52.3. The molecule has 10 saturated heterocycles. The van der Waals surface area contributed by atoms with E-state index in [0.29, 0.717) is 0 Å². The van der Waals surface area contributed by atoms with Gasteiger partial charge in [0.15, 0.2) is 62.9 Å². The molecule has 50 atom stereocenters. The van der Waals surface area contributed by atoms with Crippen molar-refractivity contribution in [1.82, 2.24) is 21.3 Å². The number of rotatable bonds is 32. The SMILES string of the molecule is CC(=O)N[C@H]1[C@H](OC[C@H]2O[C@@H](O[C@H]3[C@H](O)[C@@H](NC(C)=O)[C@H](OC[C@H]4O[C@@H](O[C@H]5[C@H](O)[C@@H](O)C(O)O[C@@H]5CO)[C@H](O)[C@@H](O[C@@H]5O[C@H](CO)[C@@H](O)[C@H](O[C@@H]6O[C@H](CO)[C@H](O)[C@H](O)[C@H]6O)[C@H]5NC(C)=O)[C@H]4O)O[C@@H]3CO)[C@H](O)[C@@H](O[C@@H]3O[C@H](CO)[C@@H](O[C@@H]4O[C@H](CO)[C@H](O)[C@H](O)[C@H]4O)[C@H](O)[C@H]3NC(C)=O)[C@H]2O)O[C@H](CO)[C@@H](O[C@@H]2O[C@H](CO)[C@H](O)[C@H](O)[C@H]2O)[C@@H]1O. The van der Waals surface area contributed by atoms with Crippen LogP contribution in [0.5, 0.6) is 0 Å². The Kier molecular flexibility index (Phi) is 36.4. The highest BCUT2D eigenvalue weighted by Gasteiger charge is 2.62. The minimum atomic E-state index is -2.52. The third-order valence-electron chi connectivity index (χ3n) is 22.4. The number of hydrogen-bond donors (Lipinski definition) is 32. The van der Waals surface area contributed by atoms with E-state index in [0.717, 1.165) is 27.7 Å². The molecule has 712 valence electrons. The second-order valence-corrected chi connectivity index (χ2v) is 31.0. The molecule has 0 aliphatic carbocycles. The van der Waals surface area contributed by atoms with Gasteiger partial charge in [-0.2, -0.15) is 0 Å². The average molecular weight is 1800 g/mol. The van der Waals surface area contributed by atoms with Gasteiger partial charge in [-0.05, 0) is 0 Å². The van der Waals surface area contributed by atoms with Gasteiger partial charge in [0.2, 0.25) is 23.6 Å². The zero-order chi connectivity index (χ0) is 90.5. The standard InChI is InChI=1S/C68H114N4O51/c1-15(81)69-29-39(91)52(117-64-47(99)42(94)33(85)19(5-73)109-64)24(10-78)112-60(29)105-13-27-37(89)57(122-62-31(71-17(3)83)41(93)54(26(12-80)114-62)118-65-48(100)43(95)34(86)20(6-74)110-65)50(102)67(115-27)119-53-25(11-79)113-61(30(40(53)92)70-16(2)82)106-14-28-38(90)58(51(103)68(116-28)120-55-23(9-77)107-59(104)46(98)45(55)97)123-63-32(72-18(4)84)56(36(88)22(8-76)108-63)121-66-49(101)44(96)35(87)21(7-75)111-66/h19-68,73-80,85-104H,5-14H2,1-4H3,(H,69,81)(H,70,82)(H,71,83)(H,72,84)/t19-,20-,21-,22-,23-,24-,25-,26-,27-,28-,29-,30-,31-,32-,33+,34+,35+,36-,37+,38+,39-,40-,41-,42+,43+,44+,45-,46-,47-,48-,49-,50-,51-,52-,53-,54-,55-,56-,57+,58+,59?,60-,61-,62+,63+,64+,65+,66+,67+,68+/m1/s1. The van der Waals surface area contributed by atoms with E-state index >= 15 is 0 Å². The zero-order valence-electron chi connectivity index (χ0n) is 65.9. The van der Waals surface area contributed by atoms with E-state index in [1.54, 1.807) is 0 Å². The Balaban J connectivity index is 0.949. The molecule has 0 saturated carbocycles. The molecule has 0 aromatic rings. The van der Waals surface area contributed by atoms with Crippen molar-refractivity contribution in [2.75, 3.05) is 66.1 Å². The van der Waals surface area contributed by atoms with Crippen LogP contribution in [0.3, 0.4) is 0 Å². The molecule has 0 bridgehead atoms. The minimum absolute atomic E-state index is 0.907. The van der Waals surface area contributed by atoms with E-state index in [1.807, 2.05) is 0 Å². The van der Waals surface area contributed by atoms with Crippen molar-refractivity contribution in [3.8, 4) is 0 Å². The minimum Gasteiger partial charge on any atom is -0.394 e. The van der Waals surface area contributed by atoms with Crippen LogP contribution in [0.15, 0.2) is 0 Å². The lowest BCUT2D eigenvalue weighted by Gasteiger charge is -2.51. The van der Waals surface area contributed by atoms with Gasteiger partial charge in [0.05, 0.1) is 66.1 Å². The van der Waals surface area contributed by atoms with Gasteiger partial charge in [-0.1, -0.05) is 0 Å². The number of ether oxygens (including phenoxy) is 19. The molecule has 1 unspecified atom stereocenters.